The summed E-state index contributed by atoms with van der Waals surface area (Å²) in [4.78, 5) is 23.9. The maximum atomic E-state index is 11.5. The Kier molecular flexibility index (Phi) is 18.8. The van der Waals surface area contributed by atoms with E-state index in [9.17, 15) is 15.0 Å². The van der Waals surface area contributed by atoms with Gasteiger partial charge in [0.1, 0.15) is 6.61 Å². The normalized spacial score (nSPS) is 15.4. The summed E-state index contributed by atoms with van der Waals surface area (Å²) in [5.41, 5.74) is 0. The quantitative estimate of drug-likeness (QED) is 0.0770. The second-order valence-corrected chi connectivity index (χ2v) is 11.5. The Labute approximate surface area is 236 Å². The summed E-state index contributed by atoms with van der Waals surface area (Å²) < 4.78 is 29.0. The Bertz CT molecular complexity index is 642. The van der Waals surface area contributed by atoms with E-state index >= 15 is 0 Å². The van der Waals surface area contributed by atoms with Crippen molar-refractivity contribution in [3.63, 3.8) is 0 Å². The van der Waals surface area contributed by atoms with E-state index in [2.05, 4.69) is 11.8 Å². The summed E-state index contributed by atoms with van der Waals surface area (Å²) in [6, 6.07) is 0. The van der Waals surface area contributed by atoms with E-state index in [0.717, 1.165) is 32.2 Å². The van der Waals surface area contributed by atoms with Crippen LogP contribution in [0.25, 0.3) is 0 Å². The van der Waals surface area contributed by atoms with E-state index < -0.39 is 29.4 Å². The van der Waals surface area contributed by atoms with Crippen LogP contribution in [0.15, 0.2) is 0 Å². The molecule has 0 rings (SSSR count). The van der Waals surface area contributed by atoms with E-state index in [1.54, 1.807) is 20.8 Å². The molecule has 2 N–H and O–H groups in total. The second kappa shape index (κ2) is 19.3. The molecule has 0 saturated carbocycles. The van der Waals surface area contributed by atoms with Crippen LogP contribution in [0.4, 0.5) is 0 Å². The lowest BCUT2D eigenvalue weighted by Gasteiger charge is -2.37. The third-order valence-corrected chi connectivity index (χ3v) is 5.74. The van der Waals surface area contributed by atoms with Crippen molar-refractivity contribution in [3.8, 4) is 0 Å². The highest BCUT2D eigenvalue weighted by Crippen LogP contribution is 2.26. The Balaban J connectivity index is 4.79. The van der Waals surface area contributed by atoms with Crippen molar-refractivity contribution in [1.29, 1.82) is 0 Å². The van der Waals surface area contributed by atoms with Gasteiger partial charge in [-0.05, 0) is 81.9 Å². The maximum absolute atomic E-state index is 11.5. The highest BCUT2D eigenvalue weighted by molar-refractivity contribution is 5.74. The lowest BCUT2D eigenvalue weighted by molar-refractivity contribution is -0.423. The van der Waals surface area contributed by atoms with Gasteiger partial charge in [0.2, 0.25) is 0 Å². The van der Waals surface area contributed by atoms with Gasteiger partial charge >= 0.3 is 5.97 Å². The van der Waals surface area contributed by atoms with Crippen molar-refractivity contribution in [2.24, 2.45) is 11.8 Å². The molecule has 3 atom stereocenters. The van der Waals surface area contributed by atoms with Crippen molar-refractivity contribution >= 4 is 5.97 Å². The Morgan fingerprint density at radius 1 is 0.821 bits per heavy atom. The van der Waals surface area contributed by atoms with Crippen LogP contribution >= 0.6 is 0 Å². The Morgan fingerprint density at radius 3 is 1.85 bits per heavy atom. The molecule has 0 heterocycles. The molecule has 0 aliphatic heterocycles. The van der Waals surface area contributed by atoms with Crippen molar-refractivity contribution < 1.29 is 48.5 Å². The van der Waals surface area contributed by atoms with Gasteiger partial charge in [-0.3, -0.25) is 0 Å². The number of carbonyl (C=O) groups is 1. The number of aliphatic hydroxyl groups excluding tert-OH is 2. The van der Waals surface area contributed by atoms with Gasteiger partial charge in [0.25, 0.3) is 0 Å². The highest BCUT2D eigenvalue weighted by atomic mass is 17.2. The molecule has 0 saturated heterocycles. The average Bonchev–Trinajstić information content (AvgIpc) is 2.82. The highest BCUT2D eigenvalue weighted by Gasteiger charge is 2.33. The Morgan fingerprint density at radius 2 is 1.36 bits per heavy atom. The molecular weight excluding hydrogens is 510 g/mol. The van der Waals surface area contributed by atoms with E-state index in [4.69, 9.17) is 33.5 Å². The van der Waals surface area contributed by atoms with Crippen molar-refractivity contribution in [1.82, 2.24) is 4.90 Å². The van der Waals surface area contributed by atoms with Crippen molar-refractivity contribution in [2.45, 2.75) is 105 Å². The number of unbranched alkanes of at least 4 members (excludes halogenated alkanes) is 1. The summed E-state index contributed by atoms with van der Waals surface area (Å²) in [7, 11) is 4.01. The number of esters is 1. The average molecular weight is 568 g/mol. The van der Waals surface area contributed by atoms with Crippen LogP contribution < -0.4 is 0 Å². The minimum absolute atomic E-state index is 0.0258. The standard InChI is InChI=1S/C28H57NO10/c1-11-13-14-23(20-36-28(7,8)39-37-21-24(31)25(32)33-12-2)19-35-27(5,6)38-26(3,4)34-18-22(17-30)15-16-29(9)10/h22-24,30-31H,11-21H2,1-10H3. The van der Waals surface area contributed by atoms with E-state index in [-0.39, 0.29) is 31.7 Å². The molecule has 0 aromatic heterocycles. The molecule has 11 nitrogen and oxygen atoms in total. The third-order valence-electron chi connectivity index (χ3n) is 5.74. The molecule has 0 aliphatic carbocycles. The zero-order valence-electron chi connectivity index (χ0n) is 26.1. The van der Waals surface area contributed by atoms with Crippen LogP contribution in [0.3, 0.4) is 0 Å². The fourth-order valence-corrected chi connectivity index (χ4v) is 3.55. The molecular formula is C28H57NO10. The number of hydrogen-bond donors (Lipinski definition) is 2. The molecule has 0 aromatic rings. The zero-order valence-corrected chi connectivity index (χ0v) is 26.1. The van der Waals surface area contributed by atoms with Crippen LogP contribution in [0.1, 0.15) is 81.1 Å². The SMILES string of the molecule is CCCCC(COC(C)(C)OOCC(O)C(=O)OCC)COC(C)(C)OC(C)(C)OCC(CO)CCN(C)C. The molecule has 0 fully saturated rings. The molecule has 0 spiro atoms. The number of carbonyl (C=O) groups excluding carboxylic acids is 1. The molecule has 0 aromatic carbocycles. The first-order chi connectivity index (χ1) is 18.1. The second-order valence-electron chi connectivity index (χ2n) is 11.5. The predicted molar refractivity (Wildman–Crippen MR) is 148 cm³/mol. The van der Waals surface area contributed by atoms with E-state index in [0.29, 0.717) is 19.8 Å². The first kappa shape index (κ1) is 38.1. The summed E-state index contributed by atoms with van der Waals surface area (Å²) in [5.74, 6) is -3.63. The van der Waals surface area contributed by atoms with Gasteiger partial charge in [-0.2, -0.15) is 0 Å². The Hall–Kier alpha value is -0.890. The number of rotatable bonds is 24. The molecule has 39 heavy (non-hydrogen) atoms. The van der Waals surface area contributed by atoms with E-state index in [1.807, 2.05) is 41.8 Å². The van der Waals surface area contributed by atoms with Gasteiger partial charge in [-0.15, -0.1) is 0 Å². The minimum Gasteiger partial charge on any atom is -0.464 e. The first-order valence-electron chi connectivity index (χ1n) is 14.1. The number of ether oxygens (including phenoxy) is 5. The van der Waals surface area contributed by atoms with Crippen molar-refractivity contribution in [2.75, 3.05) is 60.3 Å². The van der Waals surface area contributed by atoms with Crippen LogP contribution in [-0.2, 0) is 38.3 Å². The maximum Gasteiger partial charge on any atom is 0.337 e. The first-order valence-corrected chi connectivity index (χ1v) is 14.1. The minimum atomic E-state index is -1.44. The fourth-order valence-electron chi connectivity index (χ4n) is 3.55. The van der Waals surface area contributed by atoms with Crippen LogP contribution in [0.5, 0.6) is 0 Å². The molecule has 0 amide bonds. The molecule has 3 unspecified atom stereocenters. The summed E-state index contributed by atoms with van der Waals surface area (Å²) in [5, 5.41) is 19.4. The molecule has 234 valence electrons. The van der Waals surface area contributed by atoms with Crippen LogP contribution in [0.2, 0.25) is 0 Å². The largest absolute Gasteiger partial charge is 0.464 e. The topological polar surface area (TPSA) is 125 Å². The monoisotopic (exact) mass is 567 g/mol. The number of nitrogens with zero attached hydrogens (tertiary/aromatic N) is 1. The van der Waals surface area contributed by atoms with Gasteiger partial charge in [0.05, 0.1) is 26.4 Å². The summed E-state index contributed by atoms with van der Waals surface area (Å²) >= 11 is 0. The third kappa shape index (κ3) is 19.8. The fraction of sp³-hybridized carbons (Fsp3) is 0.964. The smallest absolute Gasteiger partial charge is 0.337 e. The summed E-state index contributed by atoms with van der Waals surface area (Å²) in [6.45, 7) is 16.4. The number of aliphatic hydroxyl groups is 2. The molecule has 0 aliphatic rings. The van der Waals surface area contributed by atoms with Crippen LogP contribution in [0, 0.1) is 11.8 Å². The lowest BCUT2D eigenvalue weighted by atomic mass is 10.0. The van der Waals surface area contributed by atoms with Gasteiger partial charge in [-0.1, -0.05) is 19.8 Å². The predicted octanol–water partition coefficient (Wildman–Crippen LogP) is 3.50. The van der Waals surface area contributed by atoms with Gasteiger partial charge < -0.3 is 38.8 Å². The van der Waals surface area contributed by atoms with E-state index in [1.165, 1.54) is 0 Å². The van der Waals surface area contributed by atoms with Crippen molar-refractivity contribution in [3.05, 3.63) is 0 Å². The number of hydrogen-bond acceptors (Lipinski definition) is 11. The van der Waals surface area contributed by atoms with Gasteiger partial charge in [-0.25, -0.2) is 14.6 Å². The van der Waals surface area contributed by atoms with Gasteiger partial charge in [0, 0.05) is 18.4 Å². The molecule has 11 heteroatoms. The zero-order chi connectivity index (χ0) is 30.1. The van der Waals surface area contributed by atoms with Gasteiger partial charge in [0.15, 0.2) is 23.5 Å². The molecule has 0 bridgehead atoms. The lowest BCUT2D eigenvalue weighted by Crippen LogP contribution is -2.43. The molecule has 0 radical (unpaired) electrons. The van der Waals surface area contributed by atoms with Crippen LogP contribution in [-0.4, -0.2) is 105 Å². The summed E-state index contributed by atoms with van der Waals surface area (Å²) in [6.07, 6.45) is 2.32.